The summed E-state index contributed by atoms with van der Waals surface area (Å²) in [5.74, 6) is -0.557. The lowest BCUT2D eigenvalue weighted by Gasteiger charge is -2.22. The van der Waals surface area contributed by atoms with Gasteiger partial charge in [-0.25, -0.2) is 8.42 Å². The van der Waals surface area contributed by atoms with Crippen molar-refractivity contribution < 1.29 is 22.7 Å². The number of ether oxygens (including phenoxy) is 2. The highest BCUT2D eigenvalue weighted by atomic mass is 32.2. The smallest absolute Gasteiger partial charge is 0.321 e. The highest BCUT2D eigenvalue weighted by Crippen LogP contribution is 2.16. The highest BCUT2D eigenvalue weighted by molar-refractivity contribution is 7.89. The van der Waals surface area contributed by atoms with Crippen LogP contribution in [0.15, 0.2) is 0 Å². The van der Waals surface area contributed by atoms with E-state index in [9.17, 15) is 13.2 Å². The molecule has 0 aromatic heterocycles. The number of hydrogen-bond acceptors (Lipinski definition) is 5. The molecule has 1 saturated heterocycles. The molecule has 0 N–H and O–H groups in total. The van der Waals surface area contributed by atoms with Crippen LogP contribution in [0.2, 0.25) is 0 Å². The second-order valence-electron chi connectivity index (χ2n) is 4.55. The maximum Gasteiger partial charge on any atom is 0.321 e. The molecule has 6 nitrogen and oxygen atoms in total. The van der Waals surface area contributed by atoms with E-state index in [1.807, 2.05) is 6.92 Å². The predicted molar refractivity (Wildman–Crippen MR) is 71.3 cm³/mol. The van der Waals surface area contributed by atoms with Crippen LogP contribution >= 0.6 is 0 Å². The first-order valence-corrected chi connectivity index (χ1v) is 8.35. The summed E-state index contributed by atoms with van der Waals surface area (Å²) in [5, 5.41) is 0. The van der Waals surface area contributed by atoms with Gasteiger partial charge in [0.05, 0.1) is 18.5 Å². The Kier molecular flexibility index (Phi) is 6.74. The van der Waals surface area contributed by atoms with Crippen LogP contribution in [-0.2, 0) is 24.3 Å². The Morgan fingerprint density at radius 1 is 1.42 bits per heavy atom. The third-order valence-corrected chi connectivity index (χ3v) is 4.79. The van der Waals surface area contributed by atoms with Crippen molar-refractivity contribution in [1.29, 1.82) is 0 Å². The SMILES string of the molecule is CCCN(CC(=O)OCC)S(=O)(=O)CC1CCCO1. The van der Waals surface area contributed by atoms with Crippen LogP contribution < -0.4 is 0 Å². The van der Waals surface area contributed by atoms with E-state index in [1.165, 1.54) is 4.31 Å². The number of esters is 1. The fourth-order valence-corrected chi connectivity index (χ4v) is 3.74. The summed E-state index contributed by atoms with van der Waals surface area (Å²) >= 11 is 0. The Hall–Kier alpha value is -0.660. The van der Waals surface area contributed by atoms with Crippen molar-refractivity contribution in [2.24, 2.45) is 0 Å². The van der Waals surface area contributed by atoms with Crippen LogP contribution in [0.4, 0.5) is 0 Å². The van der Waals surface area contributed by atoms with Crippen LogP contribution in [0.25, 0.3) is 0 Å². The van der Waals surface area contributed by atoms with Gasteiger partial charge in [0.1, 0.15) is 6.54 Å². The largest absolute Gasteiger partial charge is 0.465 e. The molecule has 1 aliphatic rings. The molecular weight excluding hydrogens is 270 g/mol. The Balaban J connectivity index is 2.63. The summed E-state index contributed by atoms with van der Waals surface area (Å²) in [6.45, 7) is 4.56. The lowest BCUT2D eigenvalue weighted by Crippen LogP contribution is -2.40. The van der Waals surface area contributed by atoms with Gasteiger partial charge in [-0.1, -0.05) is 6.92 Å². The van der Waals surface area contributed by atoms with Gasteiger partial charge in [-0.2, -0.15) is 4.31 Å². The third kappa shape index (κ3) is 5.46. The average Bonchev–Trinajstić information content (AvgIpc) is 2.81. The second-order valence-corrected chi connectivity index (χ2v) is 6.57. The Morgan fingerprint density at radius 2 is 2.16 bits per heavy atom. The van der Waals surface area contributed by atoms with Crippen molar-refractivity contribution >= 4 is 16.0 Å². The summed E-state index contributed by atoms with van der Waals surface area (Å²) in [6.07, 6.45) is 2.07. The van der Waals surface area contributed by atoms with Crippen molar-refractivity contribution in [3.63, 3.8) is 0 Å². The maximum absolute atomic E-state index is 12.3. The van der Waals surface area contributed by atoms with E-state index in [0.717, 1.165) is 12.8 Å². The molecule has 0 amide bonds. The Morgan fingerprint density at radius 3 is 2.68 bits per heavy atom. The second kappa shape index (κ2) is 7.81. The van der Waals surface area contributed by atoms with Gasteiger partial charge >= 0.3 is 5.97 Å². The molecule has 1 unspecified atom stereocenters. The summed E-state index contributed by atoms with van der Waals surface area (Å²) in [4.78, 5) is 11.5. The van der Waals surface area contributed by atoms with E-state index >= 15 is 0 Å². The summed E-state index contributed by atoms with van der Waals surface area (Å²) < 4.78 is 35.9. The maximum atomic E-state index is 12.3. The quantitative estimate of drug-likeness (QED) is 0.618. The van der Waals surface area contributed by atoms with Crippen LogP contribution in [0.1, 0.15) is 33.1 Å². The standard InChI is InChI=1S/C12H23NO5S/c1-3-7-13(9-12(14)17-4-2)19(15,16)10-11-6-5-8-18-11/h11H,3-10H2,1-2H3. The van der Waals surface area contributed by atoms with Crippen LogP contribution in [0, 0.1) is 0 Å². The summed E-state index contributed by atoms with van der Waals surface area (Å²) in [6, 6.07) is 0. The minimum Gasteiger partial charge on any atom is -0.465 e. The molecule has 0 aliphatic carbocycles. The zero-order valence-corrected chi connectivity index (χ0v) is 12.4. The molecule has 1 heterocycles. The summed E-state index contributed by atoms with van der Waals surface area (Å²) in [7, 11) is -3.47. The van der Waals surface area contributed by atoms with E-state index in [1.54, 1.807) is 6.92 Å². The molecule has 7 heteroatoms. The van der Waals surface area contributed by atoms with Crippen molar-refractivity contribution in [3.8, 4) is 0 Å². The van der Waals surface area contributed by atoms with Gasteiger partial charge in [-0.15, -0.1) is 0 Å². The van der Waals surface area contributed by atoms with Gasteiger partial charge in [0.2, 0.25) is 10.0 Å². The van der Waals surface area contributed by atoms with Crippen molar-refractivity contribution in [1.82, 2.24) is 4.31 Å². The molecule has 0 saturated carbocycles. The van der Waals surface area contributed by atoms with E-state index in [2.05, 4.69) is 0 Å². The Labute approximate surface area is 115 Å². The lowest BCUT2D eigenvalue weighted by molar-refractivity contribution is -0.143. The van der Waals surface area contributed by atoms with Gasteiger partial charge in [0.25, 0.3) is 0 Å². The van der Waals surface area contributed by atoms with Crippen molar-refractivity contribution in [2.45, 2.75) is 39.2 Å². The summed E-state index contributed by atoms with van der Waals surface area (Å²) in [5.41, 5.74) is 0. The molecule has 0 aromatic rings. The number of hydrogen-bond donors (Lipinski definition) is 0. The molecule has 0 aromatic carbocycles. The molecule has 1 atom stereocenters. The number of carbonyl (C=O) groups is 1. The van der Waals surface area contributed by atoms with Crippen molar-refractivity contribution in [3.05, 3.63) is 0 Å². The monoisotopic (exact) mass is 293 g/mol. The molecule has 0 radical (unpaired) electrons. The van der Waals surface area contributed by atoms with Crippen LogP contribution in [0.5, 0.6) is 0 Å². The van der Waals surface area contributed by atoms with Gasteiger partial charge in [0, 0.05) is 13.2 Å². The molecule has 1 aliphatic heterocycles. The number of rotatable bonds is 8. The fourth-order valence-electron chi connectivity index (χ4n) is 2.03. The minimum atomic E-state index is -3.47. The topological polar surface area (TPSA) is 72.9 Å². The zero-order chi connectivity index (χ0) is 14.3. The van der Waals surface area contributed by atoms with Crippen molar-refractivity contribution in [2.75, 3.05) is 32.1 Å². The van der Waals surface area contributed by atoms with Gasteiger partial charge < -0.3 is 9.47 Å². The zero-order valence-electron chi connectivity index (χ0n) is 11.6. The van der Waals surface area contributed by atoms with Crippen LogP contribution in [-0.4, -0.2) is 56.9 Å². The molecule has 1 fully saturated rings. The molecule has 112 valence electrons. The third-order valence-electron chi connectivity index (χ3n) is 2.90. The van der Waals surface area contributed by atoms with E-state index in [4.69, 9.17) is 9.47 Å². The highest BCUT2D eigenvalue weighted by Gasteiger charge is 2.29. The van der Waals surface area contributed by atoms with E-state index < -0.39 is 16.0 Å². The first kappa shape index (κ1) is 16.4. The molecule has 1 rings (SSSR count). The van der Waals surface area contributed by atoms with Crippen LogP contribution in [0.3, 0.4) is 0 Å². The fraction of sp³-hybridized carbons (Fsp3) is 0.917. The normalized spacial score (nSPS) is 19.8. The Bertz CT molecular complexity index is 376. The average molecular weight is 293 g/mol. The minimum absolute atomic E-state index is 0.0492. The molecule has 0 bridgehead atoms. The van der Waals surface area contributed by atoms with Gasteiger partial charge in [-0.05, 0) is 26.2 Å². The van der Waals surface area contributed by atoms with Gasteiger partial charge in [0.15, 0.2) is 0 Å². The number of nitrogens with zero attached hydrogens (tertiary/aromatic N) is 1. The van der Waals surface area contributed by atoms with Gasteiger partial charge in [-0.3, -0.25) is 4.79 Å². The number of carbonyl (C=O) groups excluding carboxylic acids is 1. The molecule has 0 spiro atoms. The van der Waals surface area contributed by atoms with E-state index in [-0.39, 0.29) is 25.0 Å². The predicted octanol–water partition coefficient (Wildman–Crippen LogP) is 0.770. The number of sulfonamides is 1. The first-order chi connectivity index (χ1) is 8.99. The first-order valence-electron chi connectivity index (χ1n) is 6.74. The van der Waals surface area contributed by atoms with E-state index in [0.29, 0.717) is 19.6 Å². The molecule has 19 heavy (non-hydrogen) atoms. The lowest BCUT2D eigenvalue weighted by atomic mass is 10.3. The molecular formula is C12H23NO5S.